The van der Waals surface area contributed by atoms with E-state index in [-0.39, 0.29) is 24.2 Å². The topological polar surface area (TPSA) is 47.6 Å². The minimum absolute atomic E-state index is 0.0292. The second-order valence-corrected chi connectivity index (χ2v) is 9.21. The third-order valence-corrected chi connectivity index (χ3v) is 5.56. The van der Waals surface area contributed by atoms with Crippen molar-refractivity contribution in [2.75, 3.05) is 6.61 Å². The maximum Gasteiger partial charge on any atom is 0.258 e. The summed E-state index contributed by atoms with van der Waals surface area (Å²) in [7, 11) is 0. The van der Waals surface area contributed by atoms with Crippen molar-refractivity contribution in [3.63, 3.8) is 0 Å². The van der Waals surface area contributed by atoms with Crippen molar-refractivity contribution >= 4 is 21.8 Å². The zero-order valence-electron chi connectivity index (χ0n) is 17.1. The Bertz CT molecular complexity index is 876. The number of carbonyl (C=O) groups is 1. The van der Waals surface area contributed by atoms with Gasteiger partial charge < -0.3 is 14.8 Å². The average molecular weight is 446 g/mol. The number of ether oxygens (including phenoxy) is 2. The fraction of sp³-hybridized carbons (Fsp3) is 0.435. The number of aryl methyl sites for hydroxylation is 1. The molecule has 2 aromatic carbocycles. The molecular weight excluding hydrogens is 418 g/mol. The summed E-state index contributed by atoms with van der Waals surface area (Å²) in [5, 5.41) is 3.11. The summed E-state index contributed by atoms with van der Waals surface area (Å²) in [6.07, 6.45) is 0.710. The number of benzene rings is 2. The lowest BCUT2D eigenvalue weighted by atomic mass is 9.89. The molecule has 1 N–H and O–H groups in total. The van der Waals surface area contributed by atoms with Crippen LogP contribution < -0.4 is 14.8 Å². The van der Waals surface area contributed by atoms with Crippen LogP contribution in [0, 0.1) is 6.92 Å². The summed E-state index contributed by atoms with van der Waals surface area (Å²) in [4.78, 5) is 12.6. The molecule has 0 unspecified atom stereocenters. The predicted octanol–water partition coefficient (Wildman–Crippen LogP) is 5.68. The molecule has 5 heteroatoms. The van der Waals surface area contributed by atoms with E-state index in [4.69, 9.17) is 9.47 Å². The molecule has 1 aliphatic rings. The molecule has 0 aromatic heterocycles. The first-order chi connectivity index (χ1) is 13.1. The van der Waals surface area contributed by atoms with Crippen molar-refractivity contribution in [3.8, 4) is 11.5 Å². The second-order valence-electron chi connectivity index (χ2n) is 8.36. The molecule has 0 radical (unpaired) electrons. The minimum atomic E-state index is -0.338. The Kier molecular flexibility index (Phi) is 6.04. The van der Waals surface area contributed by atoms with E-state index < -0.39 is 0 Å². The van der Waals surface area contributed by atoms with Crippen LogP contribution in [0.5, 0.6) is 11.5 Å². The van der Waals surface area contributed by atoms with E-state index in [1.54, 1.807) is 0 Å². The van der Waals surface area contributed by atoms with E-state index >= 15 is 0 Å². The fourth-order valence-electron chi connectivity index (χ4n) is 3.46. The van der Waals surface area contributed by atoms with E-state index in [2.05, 4.69) is 35.1 Å². The second kappa shape index (κ2) is 8.16. The van der Waals surface area contributed by atoms with Gasteiger partial charge in [-0.25, -0.2) is 0 Å². The van der Waals surface area contributed by atoms with Gasteiger partial charge in [0.05, 0.1) is 10.5 Å². The fourth-order valence-corrected chi connectivity index (χ4v) is 3.97. The molecule has 28 heavy (non-hydrogen) atoms. The molecule has 1 heterocycles. The lowest BCUT2D eigenvalue weighted by Gasteiger charge is -2.38. The average Bonchev–Trinajstić information content (AvgIpc) is 2.59. The van der Waals surface area contributed by atoms with Crippen molar-refractivity contribution in [1.82, 2.24) is 5.32 Å². The Morgan fingerprint density at radius 3 is 2.71 bits per heavy atom. The maximum absolute atomic E-state index is 12.6. The third kappa shape index (κ3) is 4.88. The van der Waals surface area contributed by atoms with Gasteiger partial charge in [0.1, 0.15) is 17.1 Å². The van der Waals surface area contributed by atoms with Crippen molar-refractivity contribution in [1.29, 1.82) is 0 Å². The highest BCUT2D eigenvalue weighted by Gasteiger charge is 2.34. The highest BCUT2D eigenvalue weighted by atomic mass is 79.9. The van der Waals surface area contributed by atoms with Gasteiger partial charge in [0, 0.05) is 12.0 Å². The molecule has 3 rings (SSSR count). The number of amides is 1. The summed E-state index contributed by atoms with van der Waals surface area (Å²) in [6, 6.07) is 12.0. The Hall–Kier alpha value is -2.01. The number of nitrogens with one attached hydrogen (secondary N) is 1. The Labute approximate surface area is 175 Å². The minimum Gasteiger partial charge on any atom is -0.487 e. The van der Waals surface area contributed by atoms with Crippen LogP contribution in [0.15, 0.2) is 40.9 Å². The summed E-state index contributed by atoms with van der Waals surface area (Å²) in [6.45, 7) is 10.4. The number of hydrogen-bond acceptors (Lipinski definition) is 3. The quantitative estimate of drug-likeness (QED) is 0.643. The Balaban J connectivity index is 1.67. The zero-order valence-corrected chi connectivity index (χ0v) is 18.7. The van der Waals surface area contributed by atoms with Gasteiger partial charge in [-0.2, -0.15) is 0 Å². The van der Waals surface area contributed by atoms with Gasteiger partial charge in [-0.3, -0.25) is 4.79 Å². The molecule has 1 aliphatic heterocycles. The SMILES string of the molecule is Cc1ccc2c(c1)OC(C)(C)C[C@@H]2NC(=O)COc1ccc(C(C)C)cc1Br. The van der Waals surface area contributed by atoms with E-state index in [9.17, 15) is 4.79 Å². The monoisotopic (exact) mass is 445 g/mol. The molecule has 0 aliphatic carbocycles. The van der Waals surface area contributed by atoms with Crippen LogP contribution in [0.4, 0.5) is 0 Å². The third-order valence-electron chi connectivity index (χ3n) is 4.94. The van der Waals surface area contributed by atoms with Crippen LogP contribution in [0.3, 0.4) is 0 Å². The first-order valence-electron chi connectivity index (χ1n) is 9.66. The molecular formula is C23H28BrNO3. The number of halogens is 1. The van der Waals surface area contributed by atoms with Gasteiger partial charge in [-0.15, -0.1) is 0 Å². The first kappa shape index (κ1) is 20.7. The maximum atomic E-state index is 12.6. The van der Waals surface area contributed by atoms with Crippen LogP contribution in [0.2, 0.25) is 0 Å². The molecule has 1 amide bonds. The van der Waals surface area contributed by atoms with Crippen LogP contribution in [0.1, 0.15) is 62.8 Å². The van der Waals surface area contributed by atoms with Crippen LogP contribution >= 0.6 is 15.9 Å². The van der Waals surface area contributed by atoms with Gasteiger partial charge in [0.15, 0.2) is 6.61 Å². The van der Waals surface area contributed by atoms with Crippen LogP contribution in [-0.4, -0.2) is 18.1 Å². The number of hydrogen-bond donors (Lipinski definition) is 1. The van der Waals surface area contributed by atoms with Gasteiger partial charge in [-0.05, 0) is 71.9 Å². The normalized spacial score (nSPS) is 17.6. The molecule has 0 spiro atoms. The number of carbonyl (C=O) groups excluding carboxylic acids is 1. The first-order valence-corrected chi connectivity index (χ1v) is 10.4. The van der Waals surface area contributed by atoms with Gasteiger partial charge in [0.2, 0.25) is 0 Å². The smallest absolute Gasteiger partial charge is 0.258 e. The molecule has 0 fully saturated rings. The molecule has 0 bridgehead atoms. The van der Waals surface area contributed by atoms with Crippen molar-refractivity contribution in [3.05, 3.63) is 57.6 Å². The summed E-state index contributed by atoms with van der Waals surface area (Å²) >= 11 is 3.53. The molecule has 0 saturated heterocycles. The predicted molar refractivity (Wildman–Crippen MR) is 115 cm³/mol. The van der Waals surface area contributed by atoms with E-state index in [1.165, 1.54) is 5.56 Å². The molecule has 0 saturated carbocycles. The van der Waals surface area contributed by atoms with Crippen LogP contribution in [-0.2, 0) is 4.79 Å². The summed E-state index contributed by atoms with van der Waals surface area (Å²) in [5.41, 5.74) is 3.04. The summed E-state index contributed by atoms with van der Waals surface area (Å²) < 4.78 is 12.7. The van der Waals surface area contributed by atoms with E-state index in [0.29, 0.717) is 18.1 Å². The number of rotatable bonds is 5. The van der Waals surface area contributed by atoms with Gasteiger partial charge in [-0.1, -0.05) is 32.0 Å². The van der Waals surface area contributed by atoms with Gasteiger partial charge >= 0.3 is 0 Å². The van der Waals surface area contributed by atoms with Gasteiger partial charge in [0.25, 0.3) is 5.91 Å². The largest absolute Gasteiger partial charge is 0.487 e. The lowest BCUT2D eigenvalue weighted by Crippen LogP contribution is -2.42. The van der Waals surface area contributed by atoms with E-state index in [1.807, 2.05) is 57.2 Å². The molecule has 1 atom stereocenters. The van der Waals surface area contributed by atoms with Crippen molar-refractivity contribution < 1.29 is 14.3 Å². The standard InChI is InChI=1S/C23H28BrNO3/c1-14(2)16-7-9-20(18(24)11-16)27-13-22(26)25-19-12-23(4,5)28-21-10-15(3)6-8-17(19)21/h6-11,14,19H,12-13H2,1-5H3,(H,25,26)/t19-/m0/s1. The van der Waals surface area contributed by atoms with E-state index in [0.717, 1.165) is 21.3 Å². The molecule has 2 aromatic rings. The molecule has 4 nitrogen and oxygen atoms in total. The van der Waals surface area contributed by atoms with Crippen LogP contribution in [0.25, 0.3) is 0 Å². The van der Waals surface area contributed by atoms with Crippen molar-refractivity contribution in [2.24, 2.45) is 0 Å². The zero-order chi connectivity index (χ0) is 20.5. The highest BCUT2D eigenvalue weighted by molar-refractivity contribution is 9.10. The summed E-state index contributed by atoms with van der Waals surface area (Å²) in [5.74, 6) is 1.81. The Morgan fingerprint density at radius 2 is 2.04 bits per heavy atom. The number of fused-ring (bicyclic) bond motifs is 1. The Morgan fingerprint density at radius 1 is 1.29 bits per heavy atom. The molecule has 150 valence electrons. The lowest BCUT2D eigenvalue weighted by molar-refractivity contribution is -0.124. The van der Waals surface area contributed by atoms with Crippen molar-refractivity contribution in [2.45, 2.75) is 58.6 Å². The highest BCUT2D eigenvalue weighted by Crippen LogP contribution is 2.39.